The quantitative estimate of drug-likeness (QED) is 0.495. The van der Waals surface area contributed by atoms with Crippen molar-refractivity contribution in [3.63, 3.8) is 0 Å². The molecule has 0 atom stereocenters. The van der Waals surface area contributed by atoms with Gasteiger partial charge in [-0.05, 0) is 0 Å². The molecule has 0 rings (SSSR count). The SMILES string of the molecule is C[Si](C)(C)[CH2][Ni]. The predicted octanol–water partition coefficient (Wildman–Crippen LogP) is 1.83. The van der Waals surface area contributed by atoms with E-state index in [1.165, 1.54) is 0 Å². The summed E-state index contributed by atoms with van der Waals surface area (Å²) in [7, 11) is -0.798. The molecule has 0 spiro atoms. The third-order valence-corrected chi connectivity index (χ3v) is 4.15. The van der Waals surface area contributed by atoms with Gasteiger partial charge < -0.3 is 0 Å². The molecule has 0 bridgehead atoms. The minimum atomic E-state index is -0.798. The first-order chi connectivity index (χ1) is 2.56. The van der Waals surface area contributed by atoms with Crippen molar-refractivity contribution >= 4 is 8.07 Å². The van der Waals surface area contributed by atoms with Gasteiger partial charge in [0.1, 0.15) is 0 Å². The number of hydrogen-bond acceptors (Lipinski definition) is 0. The van der Waals surface area contributed by atoms with Crippen LogP contribution in [0.25, 0.3) is 0 Å². The van der Waals surface area contributed by atoms with Gasteiger partial charge in [0.25, 0.3) is 0 Å². The Morgan fingerprint density at radius 3 is 1.50 bits per heavy atom. The second-order valence-corrected chi connectivity index (χ2v) is 9.06. The van der Waals surface area contributed by atoms with Crippen molar-refractivity contribution in [1.29, 1.82) is 0 Å². The molecule has 2 heteroatoms. The molecule has 0 heterocycles. The molecule has 0 unspecified atom stereocenters. The summed E-state index contributed by atoms with van der Waals surface area (Å²) in [5, 5.41) is 1.03. The number of rotatable bonds is 1. The Kier molecular flexibility index (Phi) is 2.38. The molecule has 0 saturated carbocycles. The molecule has 0 N–H and O–H groups in total. The van der Waals surface area contributed by atoms with Crippen LogP contribution >= 0.6 is 0 Å². The van der Waals surface area contributed by atoms with Crippen LogP contribution in [0.3, 0.4) is 0 Å². The van der Waals surface area contributed by atoms with Crippen molar-refractivity contribution in [2.45, 2.75) is 24.7 Å². The Morgan fingerprint density at radius 1 is 1.33 bits per heavy atom. The van der Waals surface area contributed by atoms with Crippen LogP contribution in [0.15, 0.2) is 0 Å². The summed E-state index contributed by atoms with van der Waals surface area (Å²) in [6.45, 7) is 6.86. The van der Waals surface area contributed by atoms with E-state index in [-0.39, 0.29) is 0 Å². The zero-order chi connectivity index (χ0) is 5.21. The molecule has 41 valence electrons. The molecule has 0 radical (unpaired) electrons. The van der Waals surface area contributed by atoms with Crippen LogP contribution < -0.4 is 0 Å². The molecular weight excluding hydrogens is 135 g/mol. The predicted molar refractivity (Wildman–Crippen MR) is 28.2 cm³/mol. The first-order valence-corrected chi connectivity index (χ1v) is 6.48. The Hall–Kier alpha value is 0.710. The summed E-state index contributed by atoms with van der Waals surface area (Å²) >= 11 is 4.59. The van der Waals surface area contributed by atoms with E-state index in [0.29, 0.717) is 0 Å². The van der Waals surface area contributed by atoms with Crippen molar-refractivity contribution < 1.29 is 15.5 Å². The Balaban J connectivity index is 3.17. The van der Waals surface area contributed by atoms with E-state index in [9.17, 15) is 0 Å². The molecule has 0 saturated heterocycles. The topological polar surface area (TPSA) is 0 Å². The molecule has 6 heavy (non-hydrogen) atoms. The van der Waals surface area contributed by atoms with Crippen molar-refractivity contribution in [2.75, 3.05) is 0 Å². The molecule has 0 aliphatic heterocycles. The summed E-state index contributed by atoms with van der Waals surface area (Å²) in [6.07, 6.45) is 0. The van der Waals surface area contributed by atoms with Crippen molar-refractivity contribution in [2.24, 2.45) is 0 Å². The van der Waals surface area contributed by atoms with Gasteiger partial charge in [-0.15, -0.1) is 0 Å². The maximum absolute atomic E-state index is 4.59. The summed E-state index contributed by atoms with van der Waals surface area (Å²) in [5.41, 5.74) is 0. The van der Waals surface area contributed by atoms with Gasteiger partial charge in [-0.3, -0.25) is 0 Å². The molecule has 0 amide bonds. The van der Waals surface area contributed by atoms with Gasteiger partial charge in [-0.2, -0.15) is 0 Å². The summed E-state index contributed by atoms with van der Waals surface area (Å²) in [6, 6.07) is 0. The van der Waals surface area contributed by atoms with Gasteiger partial charge in [-0.25, -0.2) is 0 Å². The Bertz CT molecular complexity index is 37.3. The molecule has 0 aromatic heterocycles. The van der Waals surface area contributed by atoms with Gasteiger partial charge >= 0.3 is 48.2 Å². The fourth-order valence-electron chi connectivity index (χ4n) is 0. The van der Waals surface area contributed by atoms with Gasteiger partial charge in [0, 0.05) is 0 Å². The summed E-state index contributed by atoms with van der Waals surface area (Å²) < 4.78 is 0. The van der Waals surface area contributed by atoms with Gasteiger partial charge in [0.05, 0.1) is 0 Å². The normalized spacial score (nSPS) is 12.2. The molecule has 0 aromatic carbocycles. The van der Waals surface area contributed by atoms with Gasteiger partial charge in [0.2, 0.25) is 0 Å². The maximum atomic E-state index is 4.59. The first-order valence-electron chi connectivity index (χ1n) is 2.08. The van der Waals surface area contributed by atoms with Crippen LogP contribution in [0.1, 0.15) is 0 Å². The van der Waals surface area contributed by atoms with Crippen LogP contribution in [-0.4, -0.2) is 8.07 Å². The van der Waals surface area contributed by atoms with Crippen LogP contribution in [0.5, 0.6) is 0 Å². The zero-order valence-electron chi connectivity index (χ0n) is 4.52. The van der Waals surface area contributed by atoms with E-state index in [1.807, 2.05) is 0 Å². The van der Waals surface area contributed by atoms with Crippen molar-refractivity contribution in [3.05, 3.63) is 0 Å². The summed E-state index contributed by atoms with van der Waals surface area (Å²) in [5.74, 6) is 0. The van der Waals surface area contributed by atoms with Crippen LogP contribution in [0.2, 0.25) is 24.7 Å². The second-order valence-electron chi connectivity index (χ2n) is 2.67. The van der Waals surface area contributed by atoms with Crippen LogP contribution in [0, 0.1) is 0 Å². The Labute approximate surface area is 48.7 Å². The molecule has 0 fully saturated rings. The minimum absolute atomic E-state index is 0.798. The monoisotopic (exact) mass is 145 g/mol. The Morgan fingerprint density at radius 2 is 1.50 bits per heavy atom. The molecular formula is C4H11NiSi. The fraction of sp³-hybridized carbons (Fsp3) is 1.00. The van der Waals surface area contributed by atoms with E-state index >= 15 is 0 Å². The first kappa shape index (κ1) is 6.71. The van der Waals surface area contributed by atoms with E-state index in [1.54, 1.807) is 0 Å². The van der Waals surface area contributed by atoms with Crippen molar-refractivity contribution in [1.82, 2.24) is 0 Å². The van der Waals surface area contributed by atoms with Crippen LogP contribution in [-0.2, 0) is 15.5 Å². The molecule has 0 aliphatic carbocycles. The van der Waals surface area contributed by atoms with Gasteiger partial charge in [0.15, 0.2) is 0 Å². The van der Waals surface area contributed by atoms with Gasteiger partial charge in [-0.1, -0.05) is 0 Å². The molecule has 0 nitrogen and oxygen atoms in total. The fourth-order valence-corrected chi connectivity index (χ4v) is 0. The number of hydrogen-bond donors (Lipinski definition) is 0. The van der Waals surface area contributed by atoms with Crippen molar-refractivity contribution in [3.8, 4) is 0 Å². The third-order valence-electron chi connectivity index (χ3n) is 0.335. The van der Waals surface area contributed by atoms with E-state index in [4.69, 9.17) is 0 Å². The molecule has 0 aromatic rings. The van der Waals surface area contributed by atoms with E-state index in [0.717, 1.165) is 5.01 Å². The summed E-state index contributed by atoms with van der Waals surface area (Å²) in [4.78, 5) is 0. The average Bonchev–Trinajstić information content (AvgIpc) is 1.35. The zero-order valence-corrected chi connectivity index (χ0v) is 6.51. The third kappa shape index (κ3) is 4.71. The standard InChI is InChI=1S/C4H11Si.Ni/c1-5(2,3)4;/h1H2,2-4H3;. The molecule has 0 aliphatic rings. The van der Waals surface area contributed by atoms with E-state index in [2.05, 4.69) is 35.1 Å². The second kappa shape index (κ2) is 2.13. The average molecular weight is 146 g/mol. The van der Waals surface area contributed by atoms with Crippen LogP contribution in [0.4, 0.5) is 0 Å². The van der Waals surface area contributed by atoms with E-state index < -0.39 is 8.07 Å².